The van der Waals surface area contributed by atoms with Gasteiger partial charge in [0.1, 0.15) is 6.04 Å². The monoisotopic (exact) mass is 367 g/mol. The molecule has 0 bridgehead atoms. The van der Waals surface area contributed by atoms with Gasteiger partial charge in [0.15, 0.2) is 0 Å². The molecule has 3 N–H and O–H groups in total. The van der Waals surface area contributed by atoms with Crippen molar-refractivity contribution in [1.29, 1.82) is 0 Å². The smallest absolute Gasteiger partial charge is 0.335 e. The summed E-state index contributed by atoms with van der Waals surface area (Å²) in [6.45, 7) is 7.45. The molecule has 2 aromatic carbocycles. The van der Waals surface area contributed by atoms with Crippen LogP contribution in [0.3, 0.4) is 0 Å². The van der Waals surface area contributed by atoms with Gasteiger partial charge < -0.3 is 15.7 Å². The van der Waals surface area contributed by atoms with Crippen molar-refractivity contribution in [3.8, 4) is 0 Å². The third-order valence-electron chi connectivity index (χ3n) is 4.51. The Morgan fingerprint density at radius 1 is 1.04 bits per heavy atom. The number of nitrogens with two attached hydrogens (primary N) is 1. The van der Waals surface area contributed by atoms with Gasteiger partial charge in [-0.3, -0.25) is 9.79 Å². The molecule has 6 heteroatoms. The summed E-state index contributed by atoms with van der Waals surface area (Å²) in [7, 11) is 0. The first-order chi connectivity index (χ1) is 12.8. The third kappa shape index (κ3) is 4.94. The van der Waals surface area contributed by atoms with E-state index in [4.69, 9.17) is 10.8 Å². The third-order valence-corrected chi connectivity index (χ3v) is 4.51. The van der Waals surface area contributed by atoms with Crippen molar-refractivity contribution in [3.63, 3.8) is 0 Å². The predicted molar refractivity (Wildman–Crippen MR) is 106 cm³/mol. The largest absolute Gasteiger partial charge is 0.478 e. The van der Waals surface area contributed by atoms with Crippen LogP contribution in [0.4, 0.5) is 0 Å². The second-order valence-electron chi connectivity index (χ2n) is 6.40. The number of aliphatic imine (C=N–C) groups is 1. The van der Waals surface area contributed by atoms with E-state index in [1.807, 2.05) is 43.9 Å². The predicted octanol–water partition coefficient (Wildman–Crippen LogP) is 2.95. The van der Waals surface area contributed by atoms with E-state index in [2.05, 4.69) is 4.99 Å². The number of carboxylic acids is 1. The average Bonchev–Trinajstić information content (AvgIpc) is 3.05. The minimum Gasteiger partial charge on any atom is -0.478 e. The minimum atomic E-state index is -0.879. The molecular formula is C21H25N3O3. The fourth-order valence-electron chi connectivity index (χ4n) is 3.18. The van der Waals surface area contributed by atoms with Gasteiger partial charge in [-0.25, -0.2) is 4.79 Å². The van der Waals surface area contributed by atoms with Gasteiger partial charge in [-0.1, -0.05) is 36.4 Å². The Bertz CT molecular complexity index is 827. The lowest BCUT2D eigenvalue weighted by Crippen LogP contribution is -2.39. The number of nitrogens with zero attached hydrogens (tertiary/aromatic N) is 2. The lowest BCUT2D eigenvalue weighted by molar-refractivity contribution is -0.122. The molecule has 27 heavy (non-hydrogen) atoms. The molecule has 0 saturated heterocycles. The van der Waals surface area contributed by atoms with Gasteiger partial charge in [-0.15, -0.1) is 0 Å². The molecule has 0 saturated carbocycles. The Balaban J connectivity index is 0.000000244. The van der Waals surface area contributed by atoms with Gasteiger partial charge in [0.25, 0.3) is 0 Å². The number of rotatable bonds is 4. The highest BCUT2D eigenvalue weighted by Gasteiger charge is 2.30. The highest BCUT2D eigenvalue weighted by Crippen LogP contribution is 2.28. The van der Waals surface area contributed by atoms with Crippen molar-refractivity contribution in [3.05, 3.63) is 70.8 Å². The molecule has 2 aromatic rings. The van der Waals surface area contributed by atoms with Gasteiger partial charge in [0.05, 0.1) is 17.9 Å². The number of aryl methyl sites for hydroxylation is 2. The van der Waals surface area contributed by atoms with Gasteiger partial charge in [-0.05, 0) is 49.6 Å². The van der Waals surface area contributed by atoms with E-state index in [1.54, 1.807) is 30.3 Å². The first kappa shape index (κ1) is 20.2. The lowest BCUT2D eigenvalue weighted by Gasteiger charge is -2.29. The Hall–Kier alpha value is -3.15. The van der Waals surface area contributed by atoms with E-state index in [0.717, 1.165) is 35.6 Å². The summed E-state index contributed by atoms with van der Waals surface area (Å²) >= 11 is 0. The van der Waals surface area contributed by atoms with E-state index < -0.39 is 12.0 Å². The number of aromatic carboxylic acids is 1. The van der Waals surface area contributed by atoms with Crippen LogP contribution in [0, 0.1) is 13.8 Å². The lowest BCUT2D eigenvalue weighted by atomic mass is 9.94. The average molecular weight is 367 g/mol. The highest BCUT2D eigenvalue weighted by atomic mass is 16.4. The summed E-state index contributed by atoms with van der Waals surface area (Å²) in [4.78, 5) is 28.4. The maximum atomic E-state index is 11.9. The zero-order valence-corrected chi connectivity index (χ0v) is 15.8. The molecule has 1 aliphatic rings. The highest BCUT2D eigenvalue weighted by molar-refractivity contribution is 5.90. The first-order valence-corrected chi connectivity index (χ1v) is 8.74. The molecule has 0 fully saturated rings. The molecule has 1 heterocycles. The molecule has 1 atom stereocenters. The molecule has 0 spiro atoms. The Kier molecular flexibility index (Phi) is 6.71. The van der Waals surface area contributed by atoms with Gasteiger partial charge in [0.2, 0.25) is 5.91 Å². The van der Waals surface area contributed by atoms with E-state index in [-0.39, 0.29) is 5.91 Å². The second kappa shape index (κ2) is 8.98. The molecular weight excluding hydrogens is 342 g/mol. The number of amides is 1. The molecule has 3 rings (SSSR count). The van der Waals surface area contributed by atoms with Crippen LogP contribution in [0.25, 0.3) is 0 Å². The fraction of sp³-hybridized carbons (Fsp3) is 0.286. The number of carbonyl (C=O) groups excluding carboxylic acids is 1. The normalized spacial score (nSPS) is 14.0. The molecule has 6 nitrogen and oxygen atoms in total. The van der Waals surface area contributed by atoms with Crippen LogP contribution in [0.15, 0.2) is 53.5 Å². The second-order valence-corrected chi connectivity index (χ2v) is 6.40. The van der Waals surface area contributed by atoms with Crippen LogP contribution in [0.5, 0.6) is 0 Å². The molecule has 142 valence electrons. The first-order valence-electron chi connectivity index (χ1n) is 8.74. The topological polar surface area (TPSA) is 96.0 Å². The van der Waals surface area contributed by atoms with E-state index >= 15 is 0 Å². The minimum absolute atomic E-state index is 0.316. The zero-order valence-electron chi connectivity index (χ0n) is 15.8. The van der Waals surface area contributed by atoms with Crippen LogP contribution < -0.4 is 5.73 Å². The summed E-state index contributed by atoms with van der Waals surface area (Å²) in [5.74, 6) is -0.305. The van der Waals surface area contributed by atoms with Gasteiger partial charge in [0, 0.05) is 6.54 Å². The molecule has 1 amide bonds. The zero-order chi connectivity index (χ0) is 20.0. The van der Waals surface area contributed by atoms with E-state index in [1.165, 1.54) is 0 Å². The Labute approximate surface area is 159 Å². The summed E-state index contributed by atoms with van der Waals surface area (Å²) in [6, 6.07) is 13.9. The van der Waals surface area contributed by atoms with Crippen molar-refractivity contribution >= 4 is 17.7 Å². The van der Waals surface area contributed by atoms with Crippen molar-refractivity contribution in [2.24, 2.45) is 10.7 Å². The Morgan fingerprint density at radius 2 is 1.63 bits per heavy atom. The molecule has 1 unspecified atom stereocenters. The number of benzene rings is 2. The number of hydrogen-bond acceptors (Lipinski definition) is 4. The fourth-order valence-corrected chi connectivity index (χ4v) is 3.18. The van der Waals surface area contributed by atoms with E-state index in [9.17, 15) is 9.59 Å². The van der Waals surface area contributed by atoms with Crippen molar-refractivity contribution in [2.45, 2.75) is 26.8 Å². The van der Waals surface area contributed by atoms with Crippen LogP contribution in [-0.4, -0.2) is 40.8 Å². The van der Waals surface area contributed by atoms with Crippen molar-refractivity contribution in [2.75, 3.05) is 13.1 Å². The maximum Gasteiger partial charge on any atom is 0.335 e. The summed E-state index contributed by atoms with van der Waals surface area (Å²) in [6.07, 6.45) is 0. The summed E-state index contributed by atoms with van der Waals surface area (Å²) in [5.41, 5.74) is 9.15. The van der Waals surface area contributed by atoms with Gasteiger partial charge >= 0.3 is 5.97 Å². The summed E-state index contributed by atoms with van der Waals surface area (Å²) < 4.78 is 0. The van der Waals surface area contributed by atoms with Crippen molar-refractivity contribution in [1.82, 2.24) is 4.90 Å². The Morgan fingerprint density at radius 3 is 2.04 bits per heavy atom. The molecule has 0 aliphatic carbocycles. The molecule has 1 aliphatic heterocycles. The molecule has 0 radical (unpaired) electrons. The van der Waals surface area contributed by atoms with Crippen LogP contribution >= 0.6 is 0 Å². The number of carboxylic acid groups (broad SMARTS) is 1. The van der Waals surface area contributed by atoms with Crippen molar-refractivity contribution < 1.29 is 14.7 Å². The van der Waals surface area contributed by atoms with Crippen LogP contribution in [-0.2, 0) is 4.79 Å². The number of hydrogen-bond donors (Lipinski definition) is 2. The SMILES string of the molecule is CC1=NCCN1C(C(N)=O)c1c(C)cccc1C.O=C(O)c1ccccc1. The summed E-state index contributed by atoms with van der Waals surface area (Å²) in [5, 5.41) is 8.38. The quantitative estimate of drug-likeness (QED) is 0.868. The number of amidine groups is 1. The maximum absolute atomic E-state index is 11.9. The van der Waals surface area contributed by atoms with E-state index in [0.29, 0.717) is 5.56 Å². The standard InChI is InChI=1S/C14H19N3O.C7H6O2/c1-9-5-4-6-10(2)12(9)13(14(15)18)17-8-7-16-11(17)3;8-7(9)6-4-2-1-3-5-6/h4-6,13H,7-8H2,1-3H3,(H2,15,18);1-5H,(H,8,9). The molecule has 0 aromatic heterocycles. The number of primary amides is 1. The van der Waals surface area contributed by atoms with Crippen LogP contribution in [0.2, 0.25) is 0 Å². The van der Waals surface area contributed by atoms with Crippen LogP contribution in [0.1, 0.15) is 40.0 Å². The van der Waals surface area contributed by atoms with Gasteiger partial charge in [-0.2, -0.15) is 0 Å². The number of carbonyl (C=O) groups is 2.